The SMILES string of the molecule is O=C(c1ccc2[nH]nnc2c1)N1C=C2CN(C(=O)COc3ccc(OC(F)(F)F)cc3Cl)C[C@H]2C1. The molecule has 5 rings (SSSR count). The molecule has 9 nitrogen and oxygen atoms in total. The highest BCUT2D eigenvalue weighted by Crippen LogP contribution is 2.33. The van der Waals surface area contributed by atoms with E-state index < -0.39 is 12.1 Å². The Labute approximate surface area is 201 Å². The number of amides is 2. The first kappa shape index (κ1) is 23.0. The zero-order valence-electron chi connectivity index (χ0n) is 17.9. The van der Waals surface area contributed by atoms with E-state index in [9.17, 15) is 22.8 Å². The number of aromatic amines is 1. The number of fused-ring (bicyclic) bond motifs is 2. The number of nitrogens with zero attached hydrogens (tertiary/aromatic N) is 4. The fraction of sp³-hybridized carbons (Fsp3) is 0.273. The van der Waals surface area contributed by atoms with Gasteiger partial charge >= 0.3 is 6.36 Å². The molecule has 0 bridgehead atoms. The minimum absolute atomic E-state index is 0.0149. The Balaban J connectivity index is 1.17. The van der Waals surface area contributed by atoms with Crippen molar-refractivity contribution in [1.82, 2.24) is 25.2 Å². The molecule has 2 amide bonds. The molecule has 1 atom stereocenters. The van der Waals surface area contributed by atoms with Gasteiger partial charge in [0.1, 0.15) is 17.0 Å². The summed E-state index contributed by atoms with van der Waals surface area (Å²) < 4.78 is 46.2. The number of ether oxygens (including phenoxy) is 2. The van der Waals surface area contributed by atoms with Gasteiger partial charge in [-0.25, -0.2) is 0 Å². The molecule has 3 heterocycles. The summed E-state index contributed by atoms with van der Waals surface area (Å²) >= 11 is 5.95. The maximum atomic E-state index is 12.9. The molecule has 2 aliphatic heterocycles. The average molecular weight is 508 g/mol. The van der Waals surface area contributed by atoms with Crippen molar-refractivity contribution in [1.29, 1.82) is 0 Å². The second kappa shape index (κ2) is 8.77. The lowest BCUT2D eigenvalue weighted by molar-refractivity contribution is -0.274. The van der Waals surface area contributed by atoms with Crippen molar-refractivity contribution in [3.05, 3.63) is 58.8 Å². The number of aromatic nitrogens is 3. The van der Waals surface area contributed by atoms with Crippen LogP contribution in [0.4, 0.5) is 13.2 Å². The second-order valence-electron chi connectivity index (χ2n) is 8.11. The lowest BCUT2D eigenvalue weighted by Gasteiger charge is -2.20. The Kier molecular flexibility index (Phi) is 5.75. The fourth-order valence-electron chi connectivity index (χ4n) is 4.11. The Morgan fingerprint density at radius 1 is 1.17 bits per heavy atom. The maximum absolute atomic E-state index is 12.9. The topological polar surface area (TPSA) is 101 Å². The van der Waals surface area contributed by atoms with E-state index in [2.05, 4.69) is 20.1 Å². The van der Waals surface area contributed by atoms with Crippen molar-refractivity contribution in [2.45, 2.75) is 6.36 Å². The van der Waals surface area contributed by atoms with Crippen LogP contribution in [0.3, 0.4) is 0 Å². The van der Waals surface area contributed by atoms with Crippen LogP contribution in [0.15, 0.2) is 48.2 Å². The van der Waals surface area contributed by atoms with Crippen LogP contribution >= 0.6 is 11.6 Å². The van der Waals surface area contributed by atoms with E-state index in [1.165, 1.54) is 6.07 Å². The van der Waals surface area contributed by atoms with Crippen molar-refractivity contribution >= 4 is 34.4 Å². The first-order chi connectivity index (χ1) is 16.7. The van der Waals surface area contributed by atoms with Gasteiger partial charge in [0.15, 0.2) is 6.61 Å². The van der Waals surface area contributed by atoms with Crippen molar-refractivity contribution in [2.75, 3.05) is 26.2 Å². The molecule has 0 aliphatic carbocycles. The molecule has 0 unspecified atom stereocenters. The molecule has 1 saturated heterocycles. The van der Waals surface area contributed by atoms with E-state index in [0.717, 1.165) is 23.2 Å². The van der Waals surface area contributed by atoms with Gasteiger partial charge in [-0.3, -0.25) is 14.7 Å². The molecule has 182 valence electrons. The van der Waals surface area contributed by atoms with E-state index in [4.69, 9.17) is 16.3 Å². The molecular weight excluding hydrogens is 491 g/mol. The molecule has 0 spiro atoms. The monoisotopic (exact) mass is 507 g/mol. The summed E-state index contributed by atoms with van der Waals surface area (Å²) in [5.74, 6) is -0.873. The molecule has 1 aromatic heterocycles. The molecule has 2 aliphatic rings. The number of hydrogen-bond acceptors (Lipinski definition) is 6. The lowest BCUT2D eigenvalue weighted by Crippen LogP contribution is -2.35. The van der Waals surface area contributed by atoms with Crippen LogP contribution in [0.5, 0.6) is 11.5 Å². The van der Waals surface area contributed by atoms with Gasteiger partial charge in [-0.2, -0.15) is 0 Å². The van der Waals surface area contributed by atoms with Crippen LogP contribution in [0, 0.1) is 5.92 Å². The quantitative estimate of drug-likeness (QED) is 0.568. The molecule has 3 aromatic rings. The highest BCUT2D eigenvalue weighted by molar-refractivity contribution is 6.32. The third-order valence-corrected chi connectivity index (χ3v) is 6.05. The molecule has 0 radical (unpaired) electrons. The summed E-state index contributed by atoms with van der Waals surface area (Å²) in [6, 6.07) is 8.35. The highest BCUT2D eigenvalue weighted by Gasteiger charge is 2.37. The van der Waals surface area contributed by atoms with Crippen LogP contribution in [0.1, 0.15) is 10.4 Å². The number of rotatable bonds is 5. The maximum Gasteiger partial charge on any atom is 0.573 e. The van der Waals surface area contributed by atoms with Gasteiger partial charge in [-0.05, 0) is 35.9 Å². The summed E-state index contributed by atoms with van der Waals surface area (Å²) in [6.45, 7) is 0.888. The number of hydrogen-bond donors (Lipinski definition) is 1. The summed E-state index contributed by atoms with van der Waals surface area (Å²) in [4.78, 5) is 28.7. The minimum Gasteiger partial charge on any atom is -0.482 e. The van der Waals surface area contributed by atoms with Crippen LogP contribution in [0.2, 0.25) is 5.02 Å². The third kappa shape index (κ3) is 4.87. The number of H-pyrrole nitrogens is 1. The molecule has 2 aromatic carbocycles. The standard InChI is InChI=1S/C22H17ClF3N5O4/c23-16-6-15(35-22(24,25)26)2-4-19(16)34-11-20(32)30-7-13-9-31(10-14(13)8-30)21(33)12-1-3-17-18(5-12)28-29-27-17/h1-6,9,14H,7-8,10-11H2,(H,27,28,29)/t14-/m0/s1. The minimum atomic E-state index is -4.84. The number of halogens is 4. The number of likely N-dealkylation sites (tertiary alicyclic amines) is 1. The van der Waals surface area contributed by atoms with Crippen molar-refractivity contribution in [3.63, 3.8) is 0 Å². The Hall–Kier alpha value is -3.80. The van der Waals surface area contributed by atoms with Gasteiger partial charge in [0.05, 0.1) is 10.5 Å². The average Bonchev–Trinajstić information content (AvgIpc) is 3.51. The van der Waals surface area contributed by atoms with Crippen molar-refractivity contribution < 1.29 is 32.2 Å². The zero-order valence-corrected chi connectivity index (χ0v) is 18.6. The van der Waals surface area contributed by atoms with E-state index >= 15 is 0 Å². The normalized spacial score (nSPS) is 17.5. The lowest BCUT2D eigenvalue weighted by atomic mass is 10.1. The van der Waals surface area contributed by atoms with Crippen LogP contribution in [-0.2, 0) is 4.79 Å². The smallest absolute Gasteiger partial charge is 0.482 e. The van der Waals surface area contributed by atoms with Crippen molar-refractivity contribution in [3.8, 4) is 11.5 Å². The predicted molar refractivity (Wildman–Crippen MR) is 117 cm³/mol. The number of alkyl halides is 3. The van der Waals surface area contributed by atoms with E-state index in [1.807, 2.05) is 0 Å². The van der Waals surface area contributed by atoms with Gasteiger partial charge < -0.3 is 19.3 Å². The Morgan fingerprint density at radius 3 is 2.74 bits per heavy atom. The van der Waals surface area contributed by atoms with E-state index in [1.54, 1.807) is 34.2 Å². The van der Waals surface area contributed by atoms with Crippen LogP contribution in [-0.4, -0.2) is 69.6 Å². The predicted octanol–water partition coefficient (Wildman–Crippen LogP) is 3.39. The van der Waals surface area contributed by atoms with Gasteiger partial charge in [0, 0.05) is 43.4 Å². The summed E-state index contributed by atoms with van der Waals surface area (Å²) in [5, 5.41) is 10.3. The number of carbonyl (C=O) groups excluding carboxylic acids is 2. The first-order valence-corrected chi connectivity index (χ1v) is 10.8. The number of carbonyl (C=O) groups is 2. The van der Waals surface area contributed by atoms with Crippen molar-refractivity contribution in [2.24, 2.45) is 5.92 Å². The highest BCUT2D eigenvalue weighted by atomic mass is 35.5. The molecule has 1 N–H and O–H groups in total. The molecule has 13 heteroatoms. The van der Waals surface area contributed by atoms with Crippen LogP contribution in [0.25, 0.3) is 11.0 Å². The third-order valence-electron chi connectivity index (χ3n) is 5.75. The Bertz CT molecular complexity index is 1340. The summed E-state index contributed by atoms with van der Waals surface area (Å²) in [5.41, 5.74) is 2.79. The fourth-order valence-corrected chi connectivity index (χ4v) is 4.33. The van der Waals surface area contributed by atoms with Gasteiger partial charge in [0.2, 0.25) is 0 Å². The summed E-state index contributed by atoms with van der Waals surface area (Å²) in [6.07, 6.45) is -3.07. The first-order valence-electron chi connectivity index (χ1n) is 10.4. The Morgan fingerprint density at radius 2 is 2.00 bits per heavy atom. The molecule has 35 heavy (non-hydrogen) atoms. The number of nitrogens with one attached hydrogen (secondary N) is 1. The zero-order chi connectivity index (χ0) is 24.7. The van der Waals surface area contributed by atoms with Gasteiger partial charge in [0.25, 0.3) is 11.8 Å². The molecular formula is C22H17ClF3N5O4. The van der Waals surface area contributed by atoms with Gasteiger partial charge in [-0.1, -0.05) is 16.8 Å². The largest absolute Gasteiger partial charge is 0.573 e. The number of benzene rings is 2. The molecule has 0 saturated carbocycles. The second-order valence-corrected chi connectivity index (χ2v) is 8.51. The van der Waals surface area contributed by atoms with E-state index in [0.29, 0.717) is 30.7 Å². The van der Waals surface area contributed by atoms with Crippen LogP contribution < -0.4 is 9.47 Å². The van der Waals surface area contributed by atoms with Gasteiger partial charge in [-0.15, -0.1) is 18.3 Å². The van der Waals surface area contributed by atoms with E-state index in [-0.39, 0.29) is 35.1 Å². The molecule has 1 fully saturated rings. The summed E-state index contributed by atoms with van der Waals surface area (Å²) in [7, 11) is 0.